The summed E-state index contributed by atoms with van der Waals surface area (Å²) in [5.74, 6) is 0. The van der Waals surface area contributed by atoms with Crippen molar-refractivity contribution in [3.8, 4) is 0 Å². The van der Waals surface area contributed by atoms with Crippen molar-refractivity contribution in [2.24, 2.45) is 5.73 Å². The quantitative estimate of drug-likeness (QED) is 0.691. The van der Waals surface area contributed by atoms with E-state index in [1.54, 1.807) is 4.90 Å². The van der Waals surface area contributed by atoms with Gasteiger partial charge in [0.2, 0.25) is 0 Å². The summed E-state index contributed by atoms with van der Waals surface area (Å²) in [6.45, 7) is 4.76. The number of unbranched alkanes of at least 4 members (excludes halogenated alkanes) is 1. The highest BCUT2D eigenvalue weighted by Gasteiger charge is 2.19. The minimum Gasteiger partial charge on any atom is -0.351 e. The molecule has 0 saturated carbocycles. The topological polar surface area (TPSA) is 58.4 Å². The monoisotopic (exact) mass is 199 g/mol. The Hall–Kier alpha value is -0.770. The van der Waals surface area contributed by atoms with E-state index < -0.39 is 0 Å². The van der Waals surface area contributed by atoms with E-state index in [9.17, 15) is 4.79 Å². The first-order valence-electron chi connectivity index (χ1n) is 5.51. The number of carbonyl (C=O) groups is 1. The standard InChI is InChI=1S/C10H21N3O/c1-2-3-7-13(10(11)14)8-9-5-4-6-12-9/h9,12H,2-8H2,1H3,(H2,11,14). The van der Waals surface area contributed by atoms with Crippen LogP contribution in [0.2, 0.25) is 0 Å². The molecule has 0 aromatic carbocycles. The summed E-state index contributed by atoms with van der Waals surface area (Å²) in [6.07, 6.45) is 4.51. The summed E-state index contributed by atoms with van der Waals surface area (Å²) < 4.78 is 0. The van der Waals surface area contributed by atoms with Crippen LogP contribution in [0.5, 0.6) is 0 Å². The van der Waals surface area contributed by atoms with Crippen LogP contribution in [0.25, 0.3) is 0 Å². The molecule has 0 bridgehead atoms. The van der Waals surface area contributed by atoms with Crippen molar-refractivity contribution in [2.45, 2.75) is 38.6 Å². The summed E-state index contributed by atoms with van der Waals surface area (Å²) in [5.41, 5.74) is 5.31. The van der Waals surface area contributed by atoms with E-state index in [1.165, 1.54) is 6.42 Å². The molecule has 1 saturated heterocycles. The minimum atomic E-state index is -0.285. The largest absolute Gasteiger partial charge is 0.351 e. The number of rotatable bonds is 5. The molecule has 0 aliphatic carbocycles. The molecule has 2 amide bonds. The van der Waals surface area contributed by atoms with Crippen LogP contribution < -0.4 is 11.1 Å². The number of carbonyl (C=O) groups excluding carboxylic acids is 1. The van der Waals surface area contributed by atoms with Gasteiger partial charge in [-0.1, -0.05) is 13.3 Å². The molecule has 0 spiro atoms. The lowest BCUT2D eigenvalue weighted by molar-refractivity contribution is 0.201. The van der Waals surface area contributed by atoms with Gasteiger partial charge in [-0.25, -0.2) is 4.79 Å². The zero-order valence-electron chi connectivity index (χ0n) is 8.96. The van der Waals surface area contributed by atoms with E-state index in [2.05, 4.69) is 12.2 Å². The van der Waals surface area contributed by atoms with Gasteiger partial charge in [0, 0.05) is 19.1 Å². The van der Waals surface area contributed by atoms with Crippen molar-refractivity contribution in [3.05, 3.63) is 0 Å². The van der Waals surface area contributed by atoms with Gasteiger partial charge in [-0.05, 0) is 25.8 Å². The van der Waals surface area contributed by atoms with E-state index in [0.29, 0.717) is 6.04 Å². The SMILES string of the molecule is CCCCN(CC1CCCN1)C(N)=O. The van der Waals surface area contributed by atoms with Crippen molar-refractivity contribution in [2.75, 3.05) is 19.6 Å². The number of hydrogen-bond acceptors (Lipinski definition) is 2. The van der Waals surface area contributed by atoms with Crippen LogP contribution in [-0.2, 0) is 0 Å². The Bertz CT molecular complexity index is 178. The third kappa shape index (κ3) is 3.54. The van der Waals surface area contributed by atoms with E-state index >= 15 is 0 Å². The van der Waals surface area contributed by atoms with Crippen LogP contribution in [0, 0.1) is 0 Å². The molecule has 1 aliphatic heterocycles. The number of nitrogens with zero attached hydrogens (tertiary/aromatic N) is 1. The molecule has 1 fully saturated rings. The van der Waals surface area contributed by atoms with Crippen LogP contribution in [0.4, 0.5) is 4.79 Å². The molecule has 1 rings (SSSR count). The Morgan fingerprint density at radius 3 is 2.93 bits per heavy atom. The molecule has 4 nitrogen and oxygen atoms in total. The second-order valence-electron chi connectivity index (χ2n) is 3.93. The smallest absolute Gasteiger partial charge is 0.314 e. The summed E-state index contributed by atoms with van der Waals surface area (Å²) >= 11 is 0. The average Bonchev–Trinajstić information content (AvgIpc) is 2.64. The van der Waals surface area contributed by atoms with Crippen molar-refractivity contribution < 1.29 is 4.79 Å². The number of primary amides is 1. The van der Waals surface area contributed by atoms with Crippen LogP contribution in [0.3, 0.4) is 0 Å². The van der Waals surface area contributed by atoms with Gasteiger partial charge >= 0.3 is 6.03 Å². The van der Waals surface area contributed by atoms with Crippen molar-refractivity contribution in [3.63, 3.8) is 0 Å². The minimum absolute atomic E-state index is 0.285. The first-order chi connectivity index (χ1) is 6.74. The van der Waals surface area contributed by atoms with Gasteiger partial charge in [0.1, 0.15) is 0 Å². The van der Waals surface area contributed by atoms with Crippen LogP contribution in [0.1, 0.15) is 32.6 Å². The van der Waals surface area contributed by atoms with Gasteiger partial charge in [-0.3, -0.25) is 0 Å². The number of hydrogen-bond donors (Lipinski definition) is 2. The van der Waals surface area contributed by atoms with E-state index in [4.69, 9.17) is 5.73 Å². The molecule has 0 radical (unpaired) electrons. The van der Waals surface area contributed by atoms with E-state index in [0.717, 1.165) is 38.9 Å². The Balaban J connectivity index is 2.30. The Kier molecular flexibility index (Phi) is 4.73. The van der Waals surface area contributed by atoms with Gasteiger partial charge in [-0.2, -0.15) is 0 Å². The van der Waals surface area contributed by atoms with Crippen molar-refractivity contribution in [1.29, 1.82) is 0 Å². The first kappa shape index (κ1) is 11.3. The first-order valence-corrected chi connectivity index (χ1v) is 5.51. The predicted octanol–water partition coefficient (Wildman–Crippen LogP) is 0.919. The summed E-state index contributed by atoms with van der Waals surface area (Å²) in [7, 11) is 0. The van der Waals surface area contributed by atoms with E-state index in [-0.39, 0.29) is 6.03 Å². The van der Waals surface area contributed by atoms with Crippen LogP contribution in [0.15, 0.2) is 0 Å². The van der Waals surface area contributed by atoms with Gasteiger partial charge in [0.15, 0.2) is 0 Å². The van der Waals surface area contributed by atoms with Gasteiger partial charge in [0.25, 0.3) is 0 Å². The Morgan fingerprint density at radius 1 is 1.64 bits per heavy atom. The predicted molar refractivity (Wildman–Crippen MR) is 57.1 cm³/mol. The Morgan fingerprint density at radius 2 is 2.43 bits per heavy atom. The molecular weight excluding hydrogens is 178 g/mol. The van der Waals surface area contributed by atoms with Crippen molar-refractivity contribution in [1.82, 2.24) is 10.2 Å². The van der Waals surface area contributed by atoms with Gasteiger partial charge < -0.3 is 16.0 Å². The molecule has 14 heavy (non-hydrogen) atoms. The molecular formula is C10H21N3O. The van der Waals surface area contributed by atoms with Crippen molar-refractivity contribution >= 4 is 6.03 Å². The fraction of sp³-hybridized carbons (Fsp3) is 0.900. The molecule has 1 aliphatic rings. The number of urea groups is 1. The molecule has 4 heteroatoms. The lowest BCUT2D eigenvalue weighted by Crippen LogP contribution is -2.44. The van der Waals surface area contributed by atoms with Gasteiger partial charge in [-0.15, -0.1) is 0 Å². The maximum absolute atomic E-state index is 11.1. The van der Waals surface area contributed by atoms with Crippen LogP contribution in [-0.4, -0.2) is 36.6 Å². The maximum atomic E-state index is 11.1. The Labute approximate surface area is 85.8 Å². The highest BCUT2D eigenvalue weighted by atomic mass is 16.2. The number of nitrogens with one attached hydrogen (secondary N) is 1. The summed E-state index contributed by atoms with van der Waals surface area (Å²) in [5, 5.41) is 3.37. The molecule has 1 atom stereocenters. The summed E-state index contributed by atoms with van der Waals surface area (Å²) in [4.78, 5) is 12.9. The zero-order valence-corrected chi connectivity index (χ0v) is 8.96. The molecule has 3 N–H and O–H groups in total. The normalized spacial score (nSPS) is 21.1. The molecule has 0 aromatic heterocycles. The molecule has 1 heterocycles. The number of nitrogens with two attached hydrogens (primary N) is 1. The maximum Gasteiger partial charge on any atom is 0.314 e. The summed E-state index contributed by atoms with van der Waals surface area (Å²) in [6, 6.07) is 0.173. The average molecular weight is 199 g/mol. The molecule has 1 unspecified atom stereocenters. The number of amides is 2. The zero-order chi connectivity index (χ0) is 10.4. The molecule has 82 valence electrons. The highest BCUT2D eigenvalue weighted by molar-refractivity contribution is 5.72. The van der Waals surface area contributed by atoms with E-state index in [1.807, 2.05) is 0 Å². The lowest BCUT2D eigenvalue weighted by atomic mass is 10.2. The fourth-order valence-corrected chi connectivity index (χ4v) is 1.82. The molecule has 0 aromatic rings. The fourth-order valence-electron chi connectivity index (χ4n) is 1.82. The third-order valence-corrected chi connectivity index (χ3v) is 2.70. The lowest BCUT2D eigenvalue weighted by Gasteiger charge is -2.23. The highest BCUT2D eigenvalue weighted by Crippen LogP contribution is 2.07. The second-order valence-corrected chi connectivity index (χ2v) is 3.93. The van der Waals surface area contributed by atoms with Crippen LogP contribution >= 0.6 is 0 Å². The van der Waals surface area contributed by atoms with Gasteiger partial charge in [0.05, 0.1) is 0 Å². The second kappa shape index (κ2) is 5.86. The third-order valence-electron chi connectivity index (χ3n) is 2.70.